The highest BCUT2D eigenvalue weighted by atomic mass is 16.5. The number of piperidine rings is 1. The molecule has 5 rings (SSSR count). The maximum atomic E-state index is 12.9. The van der Waals surface area contributed by atoms with E-state index in [9.17, 15) is 15.2 Å². The van der Waals surface area contributed by atoms with Crippen LogP contribution in [0.4, 0.5) is 0 Å². The molecule has 3 atom stereocenters. The minimum atomic E-state index is -1.61. The van der Waals surface area contributed by atoms with E-state index >= 15 is 0 Å². The number of ether oxygens (including phenoxy) is 1. The summed E-state index contributed by atoms with van der Waals surface area (Å²) in [7, 11) is 4.10. The van der Waals surface area contributed by atoms with Crippen LogP contribution in [0.5, 0.6) is 5.88 Å². The zero-order valence-electron chi connectivity index (χ0n) is 27.1. The number of aromatic nitrogens is 2. The van der Waals surface area contributed by atoms with Crippen LogP contribution in [0.2, 0.25) is 0 Å². The normalized spacial score (nSPS) is 23.8. The maximum absolute atomic E-state index is 12.9. The number of hydrogen-bond donors (Lipinski definition) is 2. The van der Waals surface area contributed by atoms with Gasteiger partial charge in [-0.15, -0.1) is 0 Å². The Morgan fingerprint density at radius 2 is 1.93 bits per heavy atom. The Balaban J connectivity index is 1.21. The van der Waals surface area contributed by atoms with Crippen molar-refractivity contribution in [1.82, 2.24) is 14.9 Å². The molecule has 240 valence electrons. The Morgan fingerprint density at radius 3 is 2.62 bits per heavy atom. The van der Waals surface area contributed by atoms with Crippen molar-refractivity contribution in [2.24, 2.45) is 11.7 Å². The molecular formula is C36H49N6O3+. The Labute approximate surface area is 267 Å². The Bertz CT molecular complexity index is 1500. The third-order valence-corrected chi connectivity index (χ3v) is 10.3. The molecule has 2 fully saturated rings. The first-order valence-electron chi connectivity index (χ1n) is 16.5. The molecule has 1 unspecified atom stereocenters. The number of nitrogens with zero attached hydrogens (tertiary/aromatic N) is 5. The number of likely N-dealkylation sites (N-methyl/N-ethyl adjacent to an activating group) is 1. The quantitative estimate of drug-likeness (QED) is 0.291. The monoisotopic (exact) mass is 613 g/mol. The molecule has 1 saturated carbocycles. The van der Waals surface area contributed by atoms with E-state index in [4.69, 9.17) is 15.5 Å². The molecule has 9 heteroatoms. The zero-order chi connectivity index (χ0) is 32.1. The Hall–Kier alpha value is -3.58. The van der Waals surface area contributed by atoms with Crippen molar-refractivity contribution in [2.45, 2.75) is 75.3 Å². The SMILES string of the molecule is CCCCc1cc2ccccc2c(OCC[N+](C)(C)[C@H]2CCC(CN3CCC(C#N)(c4ccccn4)CC3)C[C@@]2(O)C(N)=O)n1. The summed E-state index contributed by atoms with van der Waals surface area (Å²) >= 11 is 0. The fourth-order valence-corrected chi connectivity index (χ4v) is 7.56. The van der Waals surface area contributed by atoms with Crippen LogP contribution >= 0.6 is 0 Å². The molecule has 1 saturated heterocycles. The lowest BCUT2D eigenvalue weighted by molar-refractivity contribution is -0.922. The van der Waals surface area contributed by atoms with E-state index in [-0.39, 0.29) is 12.0 Å². The number of pyridine rings is 2. The molecule has 2 aromatic heterocycles. The number of nitrogens with two attached hydrogens (primary N) is 1. The van der Waals surface area contributed by atoms with Gasteiger partial charge in [0.25, 0.3) is 5.91 Å². The standard InChI is InChI=1S/C36H48N6O3/c1-4-5-11-29-23-28-10-6-7-12-30(28)33(40-29)45-22-21-42(2,3)32-15-14-27(24-36(32,44)34(38)43)25-41-19-16-35(26-37,17-20-41)31-13-8-9-18-39-31/h6-10,12-13,18,23,27,32,44H,4-5,11,14-17,19-22,24-25H2,1-3H3,(H-,38,43)/p+1/t27?,32-,36-/m0/s1. The van der Waals surface area contributed by atoms with Crippen LogP contribution in [-0.4, -0.2) is 88.9 Å². The summed E-state index contributed by atoms with van der Waals surface area (Å²) in [6, 6.07) is 18.3. The van der Waals surface area contributed by atoms with Crippen molar-refractivity contribution in [3.63, 3.8) is 0 Å². The van der Waals surface area contributed by atoms with Gasteiger partial charge in [-0.25, -0.2) is 4.98 Å². The summed E-state index contributed by atoms with van der Waals surface area (Å²) < 4.78 is 6.73. The summed E-state index contributed by atoms with van der Waals surface area (Å²) in [6.07, 6.45) is 8.19. The average molecular weight is 614 g/mol. The summed E-state index contributed by atoms with van der Waals surface area (Å²) in [5.41, 5.74) is 5.64. The number of carbonyl (C=O) groups excluding carboxylic acids is 1. The molecular weight excluding hydrogens is 564 g/mol. The number of carbonyl (C=O) groups is 1. The van der Waals surface area contributed by atoms with E-state index in [1.807, 2.05) is 36.4 Å². The van der Waals surface area contributed by atoms with E-state index in [0.717, 1.165) is 67.5 Å². The van der Waals surface area contributed by atoms with E-state index in [2.05, 4.69) is 49.1 Å². The van der Waals surface area contributed by atoms with Gasteiger partial charge in [-0.1, -0.05) is 37.6 Å². The number of hydrogen-bond acceptors (Lipinski definition) is 7. The molecule has 0 bridgehead atoms. The van der Waals surface area contributed by atoms with Gasteiger partial charge >= 0.3 is 0 Å². The topological polar surface area (TPSA) is 125 Å². The van der Waals surface area contributed by atoms with Crippen LogP contribution in [0.1, 0.15) is 63.3 Å². The highest BCUT2D eigenvalue weighted by molar-refractivity contribution is 5.87. The van der Waals surface area contributed by atoms with Crippen molar-refractivity contribution in [2.75, 3.05) is 46.9 Å². The minimum Gasteiger partial charge on any atom is -0.471 e. The van der Waals surface area contributed by atoms with Crippen molar-refractivity contribution in [1.29, 1.82) is 5.26 Å². The number of likely N-dealkylation sites (tertiary alicyclic amines) is 1. The summed E-state index contributed by atoms with van der Waals surface area (Å²) in [4.78, 5) is 24.6. The number of amides is 1. The molecule has 1 aliphatic carbocycles. The highest BCUT2D eigenvalue weighted by Gasteiger charge is 2.55. The first-order chi connectivity index (χ1) is 21.6. The minimum absolute atomic E-state index is 0.140. The van der Waals surface area contributed by atoms with E-state index < -0.39 is 16.9 Å². The second kappa shape index (κ2) is 13.8. The second-order valence-corrected chi connectivity index (χ2v) is 13.8. The Kier molecular flexibility index (Phi) is 10.1. The van der Waals surface area contributed by atoms with Gasteiger partial charge in [-0.3, -0.25) is 9.78 Å². The van der Waals surface area contributed by atoms with Gasteiger partial charge in [0.2, 0.25) is 5.88 Å². The predicted octanol–water partition coefficient (Wildman–Crippen LogP) is 4.37. The second-order valence-electron chi connectivity index (χ2n) is 13.8. The number of nitriles is 1. The van der Waals surface area contributed by atoms with Crippen molar-refractivity contribution < 1.29 is 19.1 Å². The van der Waals surface area contributed by atoms with Gasteiger partial charge in [0.15, 0.2) is 5.60 Å². The molecule has 1 aromatic carbocycles. The van der Waals surface area contributed by atoms with Gasteiger partial charge in [-0.2, -0.15) is 5.26 Å². The van der Waals surface area contributed by atoms with Crippen LogP contribution in [0.15, 0.2) is 54.7 Å². The summed E-state index contributed by atoms with van der Waals surface area (Å²) in [5.74, 6) is 0.122. The number of aliphatic hydroxyl groups is 1. The van der Waals surface area contributed by atoms with Crippen molar-refractivity contribution in [3.8, 4) is 11.9 Å². The number of benzene rings is 1. The number of quaternary nitrogens is 1. The number of unbranched alkanes of at least 4 members (excludes halogenated alkanes) is 1. The van der Waals surface area contributed by atoms with Gasteiger partial charge in [0, 0.05) is 43.3 Å². The summed E-state index contributed by atoms with van der Waals surface area (Å²) in [6.45, 7) is 5.50. The van der Waals surface area contributed by atoms with E-state index in [0.29, 0.717) is 49.2 Å². The van der Waals surface area contributed by atoms with E-state index in [1.54, 1.807) is 6.20 Å². The molecule has 3 N–H and O–H groups in total. The van der Waals surface area contributed by atoms with Crippen LogP contribution in [-0.2, 0) is 16.6 Å². The molecule has 3 aromatic rings. The molecule has 3 heterocycles. The molecule has 1 aliphatic heterocycles. The molecule has 0 radical (unpaired) electrons. The average Bonchev–Trinajstić information content (AvgIpc) is 3.04. The largest absolute Gasteiger partial charge is 0.471 e. The highest BCUT2D eigenvalue weighted by Crippen LogP contribution is 2.40. The number of primary amides is 1. The molecule has 2 aliphatic rings. The zero-order valence-corrected chi connectivity index (χ0v) is 27.1. The molecule has 9 nitrogen and oxygen atoms in total. The van der Waals surface area contributed by atoms with Gasteiger partial charge in [0.05, 0.1) is 25.9 Å². The maximum Gasteiger partial charge on any atom is 0.255 e. The number of aryl methyl sites for hydroxylation is 1. The van der Waals surface area contributed by atoms with Crippen molar-refractivity contribution >= 4 is 16.7 Å². The fraction of sp³-hybridized carbons (Fsp3) is 0.556. The van der Waals surface area contributed by atoms with Crippen LogP contribution in [0, 0.1) is 17.2 Å². The third kappa shape index (κ3) is 7.14. The van der Waals surface area contributed by atoms with Gasteiger partial charge < -0.3 is 25.0 Å². The lowest BCUT2D eigenvalue weighted by Gasteiger charge is -2.49. The predicted molar refractivity (Wildman–Crippen MR) is 175 cm³/mol. The lowest BCUT2D eigenvalue weighted by atomic mass is 9.72. The lowest BCUT2D eigenvalue weighted by Crippen LogP contribution is -2.68. The fourth-order valence-electron chi connectivity index (χ4n) is 7.56. The van der Waals surface area contributed by atoms with Crippen LogP contribution in [0.3, 0.4) is 0 Å². The third-order valence-electron chi connectivity index (χ3n) is 10.3. The number of rotatable bonds is 12. The smallest absolute Gasteiger partial charge is 0.255 e. The van der Waals surface area contributed by atoms with Crippen LogP contribution in [0.25, 0.3) is 10.8 Å². The Morgan fingerprint density at radius 1 is 1.18 bits per heavy atom. The number of fused-ring (bicyclic) bond motifs is 1. The van der Waals surface area contributed by atoms with Gasteiger partial charge in [0.1, 0.15) is 24.6 Å². The van der Waals surface area contributed by atoms with Crippen LogP contribution < -0.4 is 10.5 Å². The van der Waals surface area contributed by atoms with Crippen molar-refractivity contribution in [3.05, 3.63) is 66.1 Å². The first-order valence-corrected chi connectivity index (χ1v) is 16.5. The molecule has 45 heavy (non-hydrogen) atoms. The van der Waals surface area contributed by atoms with Gasteiger partial charge in [-0.05, 0) is 74.1 Å². The first kappa shape index (κ1) is 32.8. The molecule has 1 amide bonds. The summed E-state index contributed by atoms with van der Waals surface area (Å²) in [5, 5.41) is 24.0. The molecule has 0 spiro atoms. The van der Waals surface area contributed by atoms with E-state index in [1.165, 1.54) is 0 Å².